The van der Waals surface area contributed by atoms with Crippen LogP contribution in [0.1, 0.15) is 54.5 Å². The van der Waals surface area contributed by atoms with Gasteiger partial charge in [-0.25, -0.2) is 4.98 Å². The summed E-state index contributed by atoms with van der Waals surface area (Å²) in [4.78, 5) is 18.9. The number of aromatic nitrogens is 2. The summed E-state index contributed by atoms with van der Waals surface area (Å²) in [6.07, 6.45) is 1.59. The van der Waals surface area contributed by atoms with Crippen molar-refractivity contribution in [1.82, 2.24) is 9.66 Å². The molecule has 1 aromatic heterocycles. The van der Waals surface area contributed by atoms with Crippen molar-refractivity contribution in [1.29, 1.82) is 0 Å². The number of nitrogens with zero attached hydrogens (tertiary/aromatic N) is 3. The highest BCUT2D eigenvalue weighted by atomic mass is 79.9. The van der Waals surface area contributed by atoms with Gasteiger partial charge < -0.3 is 9.47 Å². The summed E-state index contributed by atoms with van der Waals surface area (Å²) in [5.41, 5.74) is 5.90. The molecule has 220 valence electrons. The van der Waals surface area contributed by atoms with Gasteiger partial charge >= 0.3 is 0 Å². The predicted octanol–water partition coefficient (Wildman–Crippen LogP) is 9.08. The van der Waals surface area contributed by atoms with E-state index < -0.39 is 0 Å². The van der Waals surface area contributed by atoms with Gasteiger partial charge in [-0.2, -0.15) is 9.78 Å². The third-order valence-corrected chi connectivity index (χ3v) is 7.93. The molecule has 43 heavy (non-hydrogen) atoms. The van der Waals surface area contributed by atoms with Crippen molar-refractivity contribution in [2.24, 2.45) is 5.10 Å². The van der Waals surface area contributed by atoms with E-state index >= 15 is 0 Å². The van der Waals surface area contributed by atoms with E-state index in [4.69, 9.17) is 31.2 Å². The molecule has 8 heteroatoms. The number of fused-ring (bicyclic) bond motifs is 1. The second kappa shape index (κ2) is 13.1. The maximum atomic E-state index is 13.9. The molecule has 5 aromatic rings. The fourth-order valence-electron chi connectivity index (χ4n) is 4.86. The SMILES string of the molecule is CCOc1cc(C)c(-c2nc3ccccc3c(=O)n2N=Cc2cc(Cl)cc(Br)c2OCc2ccc(C)cc2)cc1C(C)C. The molecule has 0 N–H and O–H groups in total. The highest BCUT2D eigenvalue weighted by Crippen LogP contribution is 2.35. The summed E-state index contributed by atoms with van der Waals surface area (Å²) >= 11 is 10.0. The van der Waals surface area contributed by atoms with Crippen LogP contribution >= 0.6 is 27.5 Å². The number of rotatable bonds is 9. The van der Waals surface area contributed by atoms with Crippen LogP contribution in [0.5, 0.6) is 11.5 Å². The lowest BCUT2D eigenvalue weighted by atomic mass is 9.96. The van der Waals surface area contributed by atoms with Crippen molar-refractivity contribution in [3.05, 3.63) is 120 Å². The quantitative estimate of drug-likeness (QED) is 0.148. The smallest absolute Gasteiger partial charge is 0.282 e. The average molecular weight is 659 g/mol. The largest absolute Gasteiger partial charge is 0.494 e. The molecule has 0 saturated heterocycles. The first-order chi connectivity index (χ1) is 20.7. The van der Waals surface area contributed by atoms with E-state index in [0.29, 0.717) is 50.7 Å². The van der Waals surface area contributed by atoms with Gasteiger partial charge in [0.15, 0.2) is 5.82 Å². The van der Waals surface area contributed by atoms with Crippen LogP contribution in [0.2, 0.25) is 5.02 Å². The zero-order chi connectivity index (χ0) is 30.7. The van der Waals surface area contributed by atoms with Gasteiger partial charge in [-0.1, -0.05) is 67.4 Å². The summed E-state index contributed by atoms with van der Waals surface area (Å²) in [6.45, 7) is 11.2. The average Bonchev–Trinajstić information content (AvgIpc) is 2.97. The van der Waals surface area contributed by atoms with E-state index in [1.165, 1.54) is 10.2 Å². The number of hydrogen-bond donors (Lipinski definition) is 0. The Labute approximate surface area is 265 Å². The van der Waals surface area contributed by atoms with Gasteiger partial charge in [0.05, 0.1) is 28.2 Å². The first kappa shape index (κ1) is 30.5. The lowest BCUT2D eigenvalue weighted by Gasteiger charge is -2.18. The van der Waals surface area contributed by atoms with E-state index in [-0.39, 0.29) is 11.5 Å². The Bertz CT molecular complexity index is 1880. The molecule has 0 atom stereocenters. The summed E-state index contributed by atoms with van der Waals surface area (Å²) < 4.78 is 14.2. The second-order valence-electron chi connectivity index (χ2n) is 10.7. The van der Waals surface area contributed by atoms with E-state index in [1.807, 2.05) is 69.3 Å². The van der Waals surface area contributed by atoms with E-state index in [2.05, 4.69) is 35.8 Å². The number of para-hydroxylation sites is 1. The molecule has 0 radical (unpaired) electrons. The minimum absolute atomic E-state index is 0.196. The fourth-order valence-corrected chi connectivity index (χ4v) is 5.81. The Morgan fingerprint density at radius 3 is 2.49 bits per heavy atom. The number of benzene rings is 4. The molecule has 0 unspecified atom stereocenters. The van der Waals surface area contributed by atoms with Gasteiger partial charge in [0.1, 0.15) is 18.1 Å². The van der Waals surface area contributed by atoms with Crippen LogP contribution in [0.3, 0.4) is 0 Å². The molecule has 0 bridgehead atoms. The van der Waals surface area contributed by atoms with Crippen molar-refractivity contribution >= 4 is 44.6 Å². The zero-order valence-electron chi connectivity index (χ0n) is 24.8. The summed E-state index contributed by atoms with van der Waals surface area (Å²) in [5, 5.41) is 5.69. The maximum absolute atomic E-state index is 13.9. The standard InChI is InChI=1S/C35H33BrClN3O3/c1-6-42-32-15-23(5)29(18-28(32)21(2)3)34-39-31-10-8-7-9-27(31)35(41)40(34)38-19-25-16-26(37)17-30(36)33(25)43-20-24-13-11-22(4)12-14-24/h7-19,21H,6,20H2,1-5H3. The fraction of sp³-hybridized carbons (Fsp3) is 0.229. The van der Waals surface area contributed by atoms with Crippen LogP contribution in [0.25, 0.3) is 22.3 Å². The monoisotopic (exact) mass is 657 g/mol. The lowest BCUT2D eigenvalue weighted by molar-refractivity contribution is 0.304. The van der Waals surface area contributed by atoms with E-state index in [0.717, 1.165) is 28.0 Å². The molecule has 0 fully saturated rings. The molecule has 5 rings (SSSR count). The van der Waals surface area contributed by atoms with Crippen molar-refractivity contribution < 1.29 is 9.47 Å². The number of hydrogen-bond acceptors (Lipinski definition) is 5. The van der Waals surface area contributed by atoms with Gasteiger partial charge in [-0.05, 0) is 95.7 Å². The predicted molar refractivity (Wildman–Crippen MR) is 179 cm³/mol. The number of ether oxygens (including phenoxy) is 2. The molecular formula is C35H33BrClN3O3. The summed E-state index contributed by atoms with van der Waals surface area (Å²) in [7, 11) is 0. The molecule has 0 aliphatic rings. The number of halogens is 2. The lowest BCUT2D eigenvalue weighted by Crippen LogP contribution is -2.21. The van der Waals surface area contributed by atoms with Crippen molar-refractivity contribution in [3.63, 3.8) is 0 Å². The molecule has 0 aliphatic carbocycles. The first-order valence-electron chi connectivity index (χ1n) is 14.2. The third kappa shape index (κ3) is 6.68. The van der Waals surface area contributed by atoms with Crippen LogP contribution in [0.15, 0.2) is 87.2 Å². The van der Waals surface area contributed by atoms with Crippen molar-refractivity contribution in [2.45, 2.75) is 47.1 Å². The molecule has 0 aliphatic heterocycles. The molecule has 1 heterocycles. The van der Waals surface area contributed by atoms with Crippen molar-refractivity contribution in [2.75, 3.05) is 6.61 Å². The Kier molecular flexibility index (Phi) is 9.33. The topological polar surface area (TPSA) is 65.7 Å². The molecule has 6 nitrogen and oxygen atoms in total. The van der Waals surface area contributed by atoms with Crippen LogP contribution in [-0.2, 0) is 6.61 Å². The Hall–Kier alpha value is -3.94. The zero-order valence-corrected chi connectivity index (χ0v) is 27.2. The van der Waals surface area contributed by atoms with E-state index in [1.54, 1.807) is 24.4 Å². The highest BCUT2D eigenvalue weighted by molar-refractivity contribution is 9.10. The molecular weight excluding hydrogens is 626 g/mol. The number of aryl methyl sites for hydroxylation is 2. The highest BCUT2D eigenvalue weighted by Gasteiger charge is 2.19. The van der Waals surface area contributed by atoms with Crippen LogP contribution < -0.4 is 15.0 Å². The molecule has 0 spiro atoms. The van der Waals surface area contributed by atoms with Crippen LogP contribution in [-0.4, -0.2) is 22.5 Å². The second-order valence-corrected chi connectivity index (χ2v) is 12.0. The third-order valence-electron chi connectivity index (χ3n) is 7.13. The minimum atomic E-state index is -0.278. The van der Waals surface area contributed by atoms with Gasteiger partial charge in [0.2, 0.25) is 0 Å². The summed E-state index contributed by atoms with van der Waals surface area (Å²) in [5.74, 6) is 2.03. The van der Waals surface area contributed by atoms with Gasteiger partial charge in [0.25, 0.3) is 5.56 Å². The molecule has 0 saturated carbocycles. The van der Waals surface area contributed by atoms with Crippen molar-refractivity contribution in [3.8, 4) is 22.9 Å². The van der Waals surface area contributed by atoms with Gasteiger partial charge in [0, 0.05) is 16.1 Å². The first-order valence-corrected chi connectivity index (χ1v) is 15.3. The molecule has 0 amide bonds. The normalized spacial score (nSPS) is 11.5. The minimum Gasteiger partial charge on any atom is -0.494 e. The van der Waals surface area contributed by atoms with Crippen LogP contribution in [0.4, 0.5) is 0 Å². The summed E-state index contributed by atoms with van der Waals surface area (Å²) in [6, 6.07) is 23.1. The van der Waals surface area contributed by atoms with E-state index in [9.17, 15) is 4.79 Å². The Balaban J connectivity index is 1.65. The molecule has 4 aromatic carbocycles. The van der Waals surface area contributed by atoms with Gasteiger partial charge in [-0.15, -0.1) is 0 Å². The van der Waals surface area contributed by atoms with Crippen LogP contribution in [0, 0.1) is 13.8 Å². The Morgan fingerprint density at radius 2 is 1.77 bits per heavy atom. The Morgan fingerprint density at radius 1 is 1.02 bits per heavy atom. The van der Waals surface area contributed by atoms with Gasteiger partial charge in [-0.3, -0.25) is 4.79 Å². The maximum Gasteiger partial charge on any atom is 0.282 e.